The van der Waals surface area contributed by atoms with E-state index in [1.54, 1.807) is 25.3 Å². The largest absolute Gasteiger partial charge is 0.491 e. The molecular formula is C21H19FN4O2. The minimum atomic E-state index is -0.287. The van der Waals surface area contributed by atoms with E-state index in [9.17, 15) is 9.18 Å². The minimum Gasteiger partial charge on any atom is -0.491 e. The highest BCUT2D eigenvalue weighted by atomic mass is 19.1. The lowest BCUT2D eigenvalue weighted by Crippen LogP contribution is -2.37. The summed E-state index contributed by atoms with van der Waals surface area (Å²) in [5.41, 5.74) is 5.35. The lowest BCUT2D eigenvalue weighted by Gasteiger charge is -2.27. The quantitative estimate of drug-likeness (QED) is 0.688. The van der Waals surface area contributed by atoms with Crippen LogP contribution in [0.15, 0.2) is 36.5 Å². The van der Waals surface area contributed by atoms with Gasteiger partial charge in [-0.05, 0) is 30.3 Å². The number of halogens is 1. The summed E-state index contributed by atoms with van der Waals surface area (Å²) in [6, 6.07) is 8.28. The molecule has 0 bridgehead atoms. The van der Waals surface area contributed by atoms with Gasteiger partial charge in [0.05, 0.1) is 31.1 Å². The van der Waals surface area contributed by atoms with Crippen LogP contribution in [0.1, 0.15) is 18.3 Å². The summed E-state index contributed by atoms with van der Waals surface area (Å²) < 4.78 is 21.3. The van der Waals surface area contributed by atoms with Gasteiger partial charge in [0.1, 0.15) is 17.3 Å². The van der Waals surface area contributed by atoms with E-state index in [1.807, 2.05) is 15.6 Å². The third-order valence-electron chi connectivity index (χ3n) is 5.38. The number of ether oxygens (including phenoxy) is 1. The number of hydrogen-bond donors (Lipinski definition) is 0. The Bertz CT molecular complexity index is 1070. The van der Waals surface area contributed by atoms with Crippen molar-refractivity contribution in [1.82, 2.24) is 19.7 Å². The molecule has 0 radical (unpaired) electrons. The minimum absolute atomic E-state index is 0.0398. The SMILES string of the molecule is CC(=O)N1CCn2nc(-c3ccc(F)cc3)c(-c3ccnc4c3OCC4)c2C1. The highest BCUT2D eigenvalue weighted by Crippen LogP contribution is 2.43. The molecule has 0 N–H and O–H groups in total. The van der Waals surface area contributed by atoms with Crippen LogP contribution in [0.4, 0.5) is 4.39 Å². The van der Waals surface area contributed by atoms with Crippen molar-refractivity contribution in [1.29, 1.82) is 0 Å². The molecule has 0 atom stereocenters. The Balaban J connectivity index is 1.74. The van der Waals surface area contributed by atoms with Crippen molar-refractivity contribution in [3.05, 3.63) is 53.7 Å². The molecule has 7 heteroatoms. The number of carbonyl (C=O) groups excluding carboxylic acids is 1. The van der Waals surface area contributed by atoms with E-state index in [4.69, 9.17) is 9.84 Å². The summed E-state index contributed by atoms with van der Waals surface area (Å²) in [5.74, 6) is 0.532. The van der Waals surface area contributed by atoms with Crippen molar-refractivity contribution >= 4 is 5.91 Å². The number of pyridine rings is 1. The number of aromatic nitrogens is 3. The second-order valence-corrected chi connectivity index (χ2v) is 7.07. The fraction of sp³-hybridized carbons (Fsp3) is 0.286. The first kappa shape index (κ1) is 16.9. The van der Waals surface area contributed by atoms with Gasteiger partial charge in [-0.1, -0.05) is 0 Å². The molecule has 1 amide bonds. The van der Waals surface area contributed by atoms with Crippen LogP contribution in [0.3, 0.4) is 0 Å². The number of nitrogens with zero attached hydrogens (tertiary/aromatic N) is 4. The van der Waals surface area contributed by atoms with Gasteiger partial charge in [-0.25, -0.2) is 4.39 Å². The number of carbonyl (C=O) groups is 1. The van der Waals surface area contributed by atoms with E-state index in [1.165, 1.54) is 12.1 Å². The van der Waals surface area contributed by atoms with Crippen LogP contribution in [0.5, 0.6) is 5.75 Å². The molecule has 2 aliphatic rings. The number of benzene rings is 1. The summed E-state index contributed by atoms with van der Waals surface area (Å²) in [5, 5.41) is 4.83. The topological polar surface area (TPSA) is 60.2 Å². The van der Waals surface area contributed by atoms with Gasteiger partial charge in [0, 0.05) is 42.8 Å². The van der Waals surface area contributed by atoms with Gasteiger partial charge in [0.25, 0.3) is 0 Å². The van der Waals surface area contributed by atoms with Gasteiger partial charge in [-0.2, -0.15) is 5.10 Å². The molecule has 0 aliphatic carbocycles. The first-order chi connectivity index (χ1) is 13.6. The standard InChI is InChI=1S/C21H19FN4O2/c1-13(27)25-9-10-26-18(12-25)19(16-6-8-23-17-7-11-28-21(16)17)20(24-26)14-2-4-15(22)5-3-14/h2-6,8H,7,9-12H2,1H3. The molecule has 0 saturated carbocycles. The van der Waals surface area contributed by atoms with Gasteiger partial charge in [-0.15, -0.1) is 0 Å². The number of fused-ring (bicyclic) bond motifs is 2. The van der Waals surface area contributed by atoms with E-state index < -0.39 is 0 Å². The van der Waals surface area contributed by atoms with Crippen molar-refractivity contribution in [2.24, 2.45) is 0 Å². The Morgan fingerprint density at radius 2 is 2.00 bits per heavy atom. The van der Waals surface area contributed by atoms with Crippen molar-refractivity contribution in [2.45, 2.75) is 26.4 Å². The van der Waals surface area contributed by atoms with E-state index in [2.05, 4.69) is 4.98 Å². The monoisotopic (exact) mass is 378 g/mol. The molecular weight excluding hydrogens is 359 g/mol. The third kappa shape index (κ3) is 2.66. The van der Waals surface area contributed by atoms with E-state index in [-0.39, 0.29) is 11.7 Å². The second-order valence-electron chi connectivity index (χ2n) is 7.07. The Morgan fingerprint density at radius 1 is 1.18 bits per heavy atom. The average molecular weight is 378 g/mol. The van der Waals surface area contributed by atoms with Crippen molar-refractivity contribution in [3.63, 3.8) is 0 Å². The zero-order chi connectivity index (χ0) is 19.3. The smallest absolute Gasteiger partial charge is 0.219 e. The molecule has 0 unspecified atom stereocenters. The normalized spacial score (nSPS) is 15.1. The predicted molar refractivity (Wildman–Crippen MR) is 101 cm³/mol. The second kappa shape index (κ2) is 6.44. The molecule has 4 heterocycles. The zero-order valence-electron chi connectivity index (χ0n) is 15.5. The predicted octanol–water partition coefficient (Wildman–Crippen LogP) is 3.05. The van der Waals surface area contributed by atoms with Crippen LogP contribution in [0.2, 0.25) is 0 Å². The Kier molecular flexibility index (Phi) is 3.89. The average Bonchev–Trinajstić information content (AvgIpc) is 3.32. The van der Waals surface area contributed by atoms with E-state index in [0.29, 0.717) is 26.2 Å². The summed E-state index contributed by atoms with van der Waals surface area (Å²) in [4.78, 5) is 18.2. The fourth-order valence-electron chi connectivity index (χ4n) is 3.96. The van der Waals surface area contributed by atoms with Crippen LogP contribution in [0, 0.1) is 5.82 Å². The van der Waals surface area contributed by atoms with Crippen LogP contribution >= 0.6 is 0 Å². The Hall–Kier alpha value is -3.22. The van der Waals surface area contributed by atoms with Crippen molar-refractivity contribution < 1.29 is 13.9 Å². The van der Waals surface area contributed by atoms with Gasteiger partial charge in [-0.3, -0.25) is 14.5 Å². The molecule has 5 rings (SSSR count). The first-order valence-electron chi connectivity index (χ1n) is 9.34. The summed E-state index contributed by atoms with van der Waals surface area (Å²) in [6.07, 6.45) is 2.56. The lowest BCUT2D eigenvalue weighted by molar-refractivity contribution is -0.130. The van der Waals surface area contributed by atoms with Crippen LogP contribution in [-0.4, -0.2) is 38.7 Å². The van der Waals surface area contributed by atoms with Crippen molar-refractivity contribution in [2.75, 3.05) is 13.2 Å². The molecule has 2 aromatic heterocycles. The molecule has 0 saturated heterocycles. The molecule has 28 heavy (non-hydrogen) atoms. The molecule has 6 nitrogen and oxygen atoms in total. The highest BCUT2D eigenvalue weighted by Gasteiger charge is 2.30. The van der Waals surface area contributed by atoms with E-state index >= 15 is 0 Å². The molecule has 1 aromatic carbocycles. The maximum atomic E-state index is 13.5. The lowest BCUT2D eigenvalue weighted by atomic mass is 9.97. The van der Waals surface area contributed by atoms with Gasteiger partial charge in [0.15, 0.2) is 0 Å². The van der Waals surface area contributed by atoms with Crippen LogP contribution in [0.25, 0.3) is 22.4 Å². The molecule has 3 aromatic rings. The van der Waals surface area contributed by atoms with Gasteiger partial charge < -0.3 is 9.64 Å². The Morgan fingerprint density at radius 3 is 2.79 bits per heavy atom. The van der Waals surface area contributed by atoms with Crippen LogP contribution < -0.4 is 4.74 Å². The summed E-state index contributed by atoms with van der Waals surface area (Å²) >= 11 is 0. The third-order valence-corrected chi connectivity index (χ3v) is 5.38. The maximum absolute atomic E-state index is 13.5. The van der Waals surface area contributed by atoms with Crippen molar-refractivity contribution in [3.8, 4) is 28.1 Å². The molecule has 2 aliphatic heterocycles. The number of rotatable bonds is 2. The number of amides is 1. The summed E-state index contributed by atoms with van der Waals surface area (Å²) in [6.45, 7) is 3.92. The van der Waals surface area contributed by atoms with Gasteiger partial charge >= 0.3 is 0 Å². The molecule has 0 spiro atoms. The van der Waals surface area contributed by atoms with E-state index in [0.717, 1.165) is 45.9 Å². The van der Waals surface area contributed by atoms with Gasteiger partial charge in [0.2, 0.25) is 5.91 Å². The van der Waals surface area contributed by atoms with Crippen LogP contribution in [-0.2, 0) is 24.3 Å². The fourth-order valence-corrected chi connectivity index (χ4v) is 3.96. The first-order valence-corrected chi connectivity index (χ1v) is 9.34. The molecule has 142 valence electrons. The Labute approximate surface area is 161 Å². The molecule has 0 fully saturated rings. The maximum Gasteiger partial charge on any atom is 0.219 e. The zero-order valence-corrected chi connectivity index (χ0v) is 15.5. The number of hydrogen-bond acceptors (Lipinski definition) is 4. The highest BCUT2D eigenvalue weighted by molar-refractivity contribution is 5.87. The summed E-state index contributed by atoms with van der Waals surface area (Å²) in [7, 11) is 0.